The van der Waals surface area contributed by atoms with Crippen molar-refractivity contribution in [2.45, 2.75) is 70.3 Å². The van der Waals surface area contributed by atoms with E-state index >= 15 is 0 Å². The molecule has 0 N–H and O–H groups in total. The van der Waals surface area contributed by atoms with Crippen LogP contribution < -0.4 is 0 Å². The largest absolute Gasteiger partial charge is 0.339 e. The molecule has 1 amide bonds. The van der Waals surface area contributed by atoms with Crippen LogP contribution in [0.15, 0.2) is 42.5 Å². The summed E-state index contributed by atoms with van der Waals surface area (Å²) in [5.41, 5.74) is 3.24. The standard InChI is InChI=1S/C26H32FNO/c1-18-7-9-19(10-8-18)22-15-16-24(25(27)17-22)20-11-13-21(14-12-20)26(29)28(2)23-5-3-4-6-23/h11-19,23H,3-10H2,1-2H3. The summed E-state index contributed by atoms with van der Waals surface area (Å²) in [5, 5.41) is 0. The van der Waals surface area contributed by atoms with Gasteiger partial charge in [-0.15, -0.1) is 0 Å². The van der Waals surface area contributed by atoms with E-state index in [9.17, 15) is 9.18 Å². The van der Waals surface area contributed by atoms with Gasteiger partial charge in [0.2, 0.25) is 0 Å². The Labute approximate surface area is 174 Å². The van der Waals surface area contributed by atoms with Gasteiger partial charge in [-0.3, -0.25) is 4.79 Å². The predicted octanol–water partition coefficient (Wildman–Crippen LogP) is 6.80. The van der Waals surface area contributed by atoms with Crippen molar-refractivity contribution in [3.8, 4) is 11.1 Å². The molecule has 2 aromatic rings. The van der Waals surface area contributed by atoms with Crippen molar-refractivity contribution < 1.29 is 9.18 Å². The predicted molar refractivity (Wildman–Crippen MR) is 117 cm³/mol. The summed E-state index contributed by atoms with van der Waals surface area (Å²) < 4.78 is 14.9. The molecule has 0 heterocycles. The number of hydrogen-bond donors (Lipinski definition) is 0. The smallest absolute Gasteiger partial charge is 0.253 e. The quantitative estimate of drug-likeness (QED) is 0.559. The highest BCUT2D eigenvalue weighted by atomic mass is 19.1. The molecule has 0 spiro atoms. The highest BCUT2D eigenvalue weighted by molar-refractivity contribution is 5.94. The summed E-state index contributed by atoms with van der Waals surface area (Å²) in [6, 6.07) is 13.5. The van der Waals surface area contributed by atoms with Crippen molar-refractivity contribution >= 4 is 5.91 Å². The van der Waals surface area contributed by atoms with Crippen molar-refractivity contribution in [1.29, 1.82) is 0 Å². The first-order valence-corrected chi connectivity index (χ1v) is 11.2. The van der Waals surface area contributed by atoms with Gasteiger partial charge < -0.3 is 4.90 Å². The molecular weight excluding hydrogens is 361 g/mol. The highest BCUT2D eigenvalue weighted by Gasteiger charge is 2.24. The van der Waals surface area contributed by atoms with Gasteiger partial charge >= 0.3 is 0 Å². The van der Waals surface area contributed by atoms with Crippen LogP contribution in [0.5, 0.6) is 0 Å². The van der Waals surface area contributed by atoms with Crippen molar-refractivity contribution in [3.05, 3.63) is 59.4 Å². The van der Waals surface area contributed by atoms with Crippen LogP contribution in [0, 0.1) is 11.7 Å². The average Bonchev–Trinajstić information content (AvgIpc) is 3.28. The van der Waals surface area contributed by atoms with Gasteiger partial charge in [0.15, 0.2) is 0 Å². The van der Waals surface area contributed by atoms with Gasteiger partial charge in [-0.05, 0) is 66.8 Å². The topological polar surface area (TPSA) is 20.3 Å². The van der Waals surface area contributed by atoms with Crippen molar-refractivity contribution in [1.82, 2.24) is 4.90 Å². The number of rotatable bonds is 4. The fraction of sp³-hybridized carbons (Fsp3) is 0.500. The molecule has 2 aromatic carbocycles. The van der Waals surface area contributed by atoms with Crippen molar-refractivity contribution in [2.24, 2.45) is 5.92 Å². The van der Waals surface area contributed by atoms with E-state index in [0.717, 1.165) is 42.7 Å². The number of amides is 1. The van der Waals surface area contributed by atoms with Crippen LogP contribution in [0.4, 0.5) is 4.39 Å². The summed E-state index contributed by atoms with van der Waals surface area (Å²) in [6.45, 7) is 2.31. The normalized spacial score (nSPS) is 22.6. The number of benzene rings is 2. The number of halogens is 1. The molecule has 0 radical (unpaired) electrons. The lowest BCUT2D eigenvalue weighted by molar-refractivity contribution is 0.0735. The van der Waals surface area contributed by atoms with Gasteiger partial charge in [-0.25, -0.2) is 4.39 Å². The fourth-order valence-corrected chi connectivity index (χ4v) is 5.07. The second kappa shape index (κ2) is 8.69. The molecule has 2 aliphatic carbocycles. The minimum absolute atomic E-state index is 0.0609. The number of hydrogen-bond acceptors (Lipinski definition) is 1. The van der Waals surface area contributed by atoms with E-state index in [2.05, 4.69) is 13.0 Å². The van der Waals surface area contributed by atoms with E-state index in [1.807, 2.05) is 42.3 Å². The zero-order chi connectivity index (χ0) is 20.4. The number of carbonyl (C=O) groups is 1. The molecule has 2 fully saturated rings. The van der Waals surface area contributed by atoms with E-state index in [-0.39, 0.29) is 11.7 Å². The third-order valence-corrected chi connectivity index (χ3v) is 7.12. The Morgan fingerprint density at radius 3 is 2.21 bits per heavy atom. The molecule has 0 bridgehead atoms. The van der Waals surface area contributed by atoms with Crippen LogP contribution in [-0.4, -0.2) is 23.9 Å². The first-order chi connectivity index (χ1) is 14.0. The van der Waals surface area contributed by atoms with Crippen LogP contribution in [0.25, 0.3) is 11.1 Å². The summed E-state index contributed by atoms with van der Waals surface area (Å²) in [5.74, 6) is 1.18. The van der Waals surface area contributed by atoms with E-state index in [1.165, 1.54) is 25.7 Å². The fourth-order valence-electron chi connectivity index (χ4n) is 5.07. The van der Waals surface area contributed by atoms with Gasteiger partial charge in [0.25, 0.3) is 5.91 Å². The Morgan fingerprint density at radius 1 is 0.931 bits per heavy atom. The Bertz CT molecular complexity index is 846. The van der Waals surface area contributed by atoms with Crippen LogP contribution in [-0.2, 0) is 0 Å². The molecule has 0 aromatic heterocycles. The van der Waals surface area contributed by atoms with E-state index in [0.29, 0.717) is 23.1 Å². The first kappa shape index (κ1) is 20.1. The molecule has 3 heteroatoms. The number of nitrogens with zero attached hydrogens (tertiary/aromatic N) is 1. The zero-order valence-electron chi connectivity index (χ0n) is 17.7. The molecule has 0 saturated heterocycles. The average molecular weight is 394 g/mol. The van der Waals surface area contributed by atoms with Gasteiger partial charge in [-0.1, -0.05) is 56.9 Å². The minimum atomic E-state index is -0.164. The van der Waals surface area contributed by atoms with Crippen molar-refractivity contribution in [2.75, 3.05) is 7.05 Å². The van der Waals surface area contributed by atoms with E-state index in [4.69, 9.17) is 0 Å². The van der Waals surface area contributed by atoms with Crippen LogP contribution >= 0.6 is 0 Å². The maximum Gasteiger partial charge on any atom is 0.253 e. The maximum atomic E-state index is 14.9. The lowest BCUT2D eigenvalue weighted by Crippen LogP contribution is -2.35. The van der Waals surface area contributed by atoms with Crippen LogP contribution in [0.1, 0.15) is 80.1 Å². The Morgan fingerprint density at radius 2 is 1.59 bits per heavy atom. The highest BCUT2D eigenvalue weighted by Crippen LogP contribution is 2.37. The molecule has 29 heavy (non-hydrogen) atoms. The Balaban J connectivity index is 1.48. The molecule has 0 unspecified atom stereocenters. The molecule has 154 valence electrons. The van der Waals surface area contributed by atoms with Gasteiger partial charge in [-0.2, -0.15) is 0 Å². The monoisotopic (exact) mass is 393 g/mol. The molecule has 0 atom stereocenters. The second-order valence-corrected chi connectivity index (χ2v) is 9.13. The molecule has 2 nitrogen and oxygen atoms in total. The maximum absolute atomic E-state index is 14.9. The summed E-state index contributed by atoms with van der Waals surface area (Å²) in [6.07, 6.45) is 9.39. The molecule has 2 aliphatic rings. The molecule has 2 saturated carbocycles. The van der Waals surface area contributed by atoms with Crippen molar-refractivity contribution in [3.63, 3.8) is 0 Å². The lowest BCUT2D eigenvalue weighted by atomic mass is 9.79. The van der Waals surface area contributed by atoms with Gasteiger partial charge in [0, 0.05) is 24.2 Å². The third kappa shape index (κ3) is 4.39. The summed E-state index contributed by atoms with van der Waals surface area (Å²) in [4.78, 5) is 14.6. The van der Waals surface area contributed by atoms with Gasteiger partial charge in [0.1, 0.15) is 5.82 Å². The first-order valence-electron chi connectivity index (χ1n) is 11.2. The van der Waals surface area contributed by atoms with Gasteiger partial charge in [0.05, 0.1) is 0 Å². The Kier molecular flexibility index (Phi) is 6.03. The zero-order valence-corrected chi connectivity index (χ0v) is 17.7. The SMILES string of the molecule is CC1CCC(c2ccc(-c3ccc(C(=O)N(C)C4CCCC4)cc3)c(F)c2)CC1. The Hall–Kier alpha value is -2.16. The van der Waals surface area contributed by atoms with Crippen LogP contribution in [0.2, 0.25) is 0 Å². The lowest BCUT2D eigenvalue weighted by Gasteiger charge is -2.26. The van der Waals surface area contributed by atoms with E-state index < -0.39 is 0 Å². The van der Waals surface area contributed by atoms with E-state index in [1.54, 1.807) is 6.07 Å². The molecule has 4 rings (SSSR count). The molecular formula is C26H32FNO. The summed E-state index contributed by atoms with van der Waals surface area (Å²) >= 11 is 0. The molecule has 0 aliphatic heterocycles. The number of carbonyl (C=O) groups excluding carboxylic acids is 1. The van der Waals surface area contributed by atoms with Crippen LogP contribution in [0.3, 0.4) is 0 Å². The summed E-state index contributed by atoms with van der Waals surface area (Å²) in [7, 11) is 1.90. The minimum Gasteiger partial charge on any atom is -0.339 e. The second-order valence-electron chi connectivity index (χ2n) is 9.13. The third-order valence-electron chi connectivity index (χ3n) is 7.12.